The molecule has 1 aliphatic heterocycles. The number of benzene rings is 2. The Morgan fingerprint density at radius 1 is 1.08 bits per heavy atom. The van der Waals surface area contributed by atoms with Crippen LogP contribution in [0, 0.1) is 0 Å². The second kappa shape index (κ2) is 7.70. The van der Waals surface area contributed by atoms with E-state index in [-0.39, 0.29) is 12.2 Å². The molecule has 0 spiro atoms. The van der Waals surface area contributed by atoms with Gasteiger partial charge in [-0.25, -0.2) is 4.79 Å². The highest BCUT2D eigenvalue weighted by atomic mass is 32.2. The zero-order chi connectivity index (χ0) is 18.7. The van der Waals surface area contributed by atoms with E-state index in [0.29, 0.717) is 28.4 Å². The number of carbonyl (C=O) groups is 2. The number of hydrogen-bond donors (Lipinski definition) is 0. The first-order chi connectivity index (χ1) is 12.6. The average Bonchev–Trinajstić information content (AvgIpc) is 2.66. The molecule has 6 nitrogen and oxygen atoms in total. The SMILES string of the molecule is COc1cc(C(=O)CC2OC(=O)c3ccccc3S2)cc(OC)c1OC. The first kappa shape index (κ1) is 18.1. The summed E-state index contributed by atoms with van der Waals surface area (Å²) in [6.45, 7) is 0. The van der Waals surface area contributed by atoms with Crippen molar-refractivity contribution in [3.05, 3.63) is 47.5 Å². The second-order valence-corrected chi connectivity index (χ2v) is 6.69. The van der Waals surface area contributed by atoms with Crippen LogP contribution in [0.3, 0.4) is 0 Å². The fourth-order valence-corrected chi connectivity index (χ4v) is 3.77. The minimum Gasteiger partial charge on any atom is -0.493 e. The maximum Gasteiger partial charge on any atom is 0.340 e. The summed E-state index contributed by atoms with van der Waals surface area (Å²) in [5.41, 5.74) is 0.341. The fourth-order valence-electron chi connectivity index (χ4n) is 2.68. The molecule has 0 aromatic heterocycles. The van der Waals surface area contributed by atoms with Crippen LogP contribution in [0.5, 0.6) is 17.2 Å². The summed E-state index contributed by atoms with van der Waals surface area (Å²) < 4.78 is 21.2. The predicted octanol–water partition coefficient (Wildman–Crippen LogP) is 3.57. The molecule has 1 atom stereocenters. The number of ether oxygens (including phenoxy) is 4. The van der Waals surface area contributed by atoms with Crippen molar-refractivity contribution in [1.82, 2.24) is 0 Å². The van der Waals surface area contributed by atoms with Crippen molar-refractivity contribution in [3.8, 4) is 17.2 Å². The van der Waals surface area contributed by atoms with Crippen molar-refractivity contribution >= 4 is 23.5 Å². The number of methoxy groups -OCH3 is 3. The summed E-state index contributed by atoms with van der Waals surface area (Å²) in [5.74, 6) is 0.609. The molecule has 0 amide bonds. The van der Waals surface area contributed by atoms with Gasteiger partial charge in [0.2, 0.25) is 5.75 Å². The van der Waals surface area contributed by atoms with E-state index in [2.05, 4.69) is 0 Å². The van der Waals surface area contributed by atoms with Gasteiger partial charge in [0, 0.05) is 10.5 Å². The summed E-state index contributed by atoms with van der Waals surface area (Å²) >= 11 is 1.36. The van der Waals surface area contributed by atoms with Gasteiger partial charge < -0.3 is 18.9 Å². The molecule has 0 fully saturated rings. The summed E-state index contributed by atoms with van der Waals surface area (Å²) in [5, 5.41) is 0. The maximum absolute atomic E-state index is 12.7. The van der Waals surface area contributed by atoms with Gasteiger partial charge in [0.1, 0.15) is 0 Å². The molecule has 2 aromatic carbocycles. The number of hydrogen-bond acceptors (Lipinski definition) is 7. The molecule has 0 N–H and O–H groups in total. The average molecular weight is 374 g/mol. The van der Waals surface area contributed by atoms with E-state index in [1.54, 1.807) is 24.3 Å². The second-order valence-electron chi connectivity index (χ2n) is 5.49. The zero-order valence-corrected chi connectivity index (χ0v) is 15.4. The van der Waals surface area contributed by atoms with Gasteiger partial charge in [-0.3, -0.25) is 4.79 Å². The predicted molar refractivity (Wildman–Crippen MR) is 96.5 cm³/mol. The first-order valence-corrected chi connectivity index (χ1v) is 8.75. The molecule has 1 aliphatic rings. The van der Waals surface area contributed by atoms with Gasteiger partial charge in [-0.05, 0) is 24.3 Å². The molecular formula is C19H18O6S. The number of cyclic esters (lactones) is 1. The van der Waals surface area contributed by atoms with Gasteiger partial charge in [0.15, 0.2) is 22.7 Å². The van der Waals surface area contributed by atoms with Gasteiger partial charge in [0.25, 0.3) is 0 Å². The van der Waals surface area contributed by atoms with Crippen LogP contribution in [0.15, 0.2) is 41.3 Å². The molecule has 26 heavy (non-hydrogen) atoms. The van der Waals surface area contributed by atoms with E-state index in [1.165, 1.54) is 33.1 Å². The third kappa shape index (κ3) is 3.48. The van der Waals surface area contributed by atoms with Gasteiger partial charge in [-0.2, -0.15) is 0 Å². The first-order valence-electron chi connectivity index (χ1n) is 7.87. The smallest absolute Gasteiger partial charge is 0.340 e. The van der Waals surface area contributed by atoms with E-state index in [1.807, 2.05) is 12.1 Å². The van der Waals surface area contributed by atoms with Gasteiger partial charge >= 0.3 is 5.97 Å². The van der Waals surface area contributed by atoms with Crippen molar-refractivity contribution in [2.24, 2.45) is 0 Å². The van der Waals surface area contributed by atoms with E-state index in [9.17, 15) is 9.59 Å². The molecule has 1 heterocycles. The Hall–Kier alpha value is -2.67. The van der Waals surface area contributed by atoms with Crippen molar-refractivity contribution in [1.29, 1.82) is 0 Å². The number of fused-ring (bicyclic) bond motifs is 1. The Kier molecular flexibility index (Phi) is 5.37. The number of carbonyl (C=O) groups excluding carboxylic acids is 2. The molecule has 3 rings (SSSR count). The lowest BCUT2D eigenvalue weighted by atomic mass is 10.1. The van der Waals surface area contributed by atoms with E-state index in [4.69, 9.17) is 18.9 Å². The number of thioether (sulfide) groups is 1. The number of ketones is 1. The minimum absolute atomic E-state index is 0.0450. The van der Waals surface area contributed by atoms with Crippen molar-refractivity contribution < 1.29 is 28.5 Å². The number of Topliss-reactive ketones (excluding diaryl/α,β-unsaturated/α-hetero) is 1. The standard InChI is InChI=1S/C19H18O6S/c1-22-14-8-11(9-15(23-2)18(14)24-3)13(20)10-17-25-19(21)12-6-4-5-7-16(12)26-17/h4-9,17H,10H2,1-3H3. The van der Waals surface area contributed by atoms with Crippen LogP contribution in [0.25, 0.3) is 0 Å². The molecule has 0 bridgehead atoms. The van der Waals surface area contributed by atoms with Gasteiger partial charge in [0.05, 0.1) is 33.3 Å². The lowest BCUT2D eigenvalue weighted by Gasteiger charge is -2.23. The van der Waals surface area contributed by atoms with E-state index >= 15 is 0 Å². The molecule has 0 radical (unpaired) electrons. The molecule has 0 saturated heterocycles. The monoisotopic (exact) mass is 374 g/mol. The third-order valence-electron chi connectivity index (χ3n) is 3.94. The quantitative estimate of drug-likeness (QED) is 0.565. The largest absolute Gasteiger partial charge is 0.493 e. The van der Waals surface area contributed by atoms with Crippen molar-refractivity contribution in [2.45, 2.75) is 16.8 Å². The van der Waals surface area contributed by atoms with Crippen LogP contribution >= 0.6 is 11.8 Å². The van der Waals surface area contributed by atoms with E-state index in [0.717, 1.165) is 4.90 Å². The number of rotatable bonds is 6. The fraction of sp³-hybridized carbons (Fsp3) is 0.263. The summed E-state index contributed by atoms with van der Waals surface area (Å²) in [6, 6.07) is 10.4. The lowest BCUT2D eigenvalue weighted by Crippen LogP contribution is -2.23. The van der Waals surface area contributed by atoms with Crippen LogP contribution in [-0.2, 0) is 4.74 Å². The third-order valence-corrected chi connectivity index (χ3v) is 5.08. The maximum atomic E-state index is 12.7. The Balaban J connectivity index is 1.82. The van der Waals surface area contributed by atoms with Crippen LogP contribution in [-0.4, -0.2) is 38.5 Å². The normalized spacial score (nSPS) is 15.7. The molecule has 7 heteroatoms. The highest BCUT2D eigenvalue weighted by Crippen LogP contribution is 2.40. The van der Waals surface area contributed by atoms with Crippen molar-refractivity contribution in [3.63, 3.8) is 0 Å². The van der Waals surface area contributed by atoms with Crippen LogP contribution in [0.1, 0.15) is 27.1 Å². The molecule has 2 aromatic rings. The topological polar surface area (TPSA) is 71.1 Å². The Bertz CT molecular complexity index is 823. The Morgan fingerprint density at radius 2 is 1.73 bits per heavy atom. The van der Waals surface area contributed by atoms with Gasteiger partial charge in [-0.15, -0.1) is 0 Å². The molecular weight excluding hydrogens is 356 g/mol. The van der Waals surface area contributed by atoms with E-state index < -0.39 is 11.4 Å². The Labute approximate surface area is 155 Å². The van der Waals surface area contributed by atoms with Gasteiger partial charge in [-0.1, -0.05) is 23.9 Å². The summed E-state index contributed by atoms with van der Waals surface area (Å²) in [4.78, 5) is 25.6. The van der Waals surface area contributed by atoms with Crippen molar-refractivity contribution in [2.75, 3.05) is 21.3 Å². The molecule has 136 valence electrons. The van der Waals surface area contributed by atoms with Crippen LogP contribution < -0.4 is 14.2 Å². The summed E-state index contributed by atoms with van der Waals surface area (Å²) in [7, 11) is 4.47. The highest BCUT2D eigenvalue weighted by molar-refractivity contribution is 8.00. The van der Waals surface area contributed by atoms with Crippen LogP contribution in [0.4, 0.5) is 0 Å². The number of esters is 1. The van der Waals surface area contributed by atoms with Crippen LogP contribution in [0.2, 0.25) is 0 Å². The molecule has 0 aliphatic carbocycles. The molecule has 1 unspecified atom stereocenters. The summed E-state index contributed by atoms with van der Waals surface area (Å²) in [6.07, 6.45) is 0.0450. The lowest BCUT2D eigenvalue weighted by molar-refractivity contribution is 0.0428. The minimum atomic E-state index is -0.580. The Morgan fingerprint density at radius 3 is 2.35 bits per heavy atom. The molecule has 0 saturated carbocycles. The zero-order valence-electron chi connectivity index (χ0n) is 14.6. The highest BCUT2D eigenvalue weighted by Gasteiger charge is 2.29.